The fourth-order valence-electron chi connectivity index (χ4n) is 6.52. The van der Waals surface area contributed by atoms with Crippen molar-refractivity contribution in [2.24, 2.45) is 23.7 Å². The second kappa shape index (κ2) is 12.6. The highest BCUT2D eigenvalue weighted by Gasteiger charge is 2.45. The first-order valence-corrected chi connectivity index (χ1v) is 14.6. The quantitative estimate of drug-likeness (QED) is 0.224. The van der Waals surface area contributed by atoms with Gasteiger partial charge in [-0.15, -0.1) is 5.10 Å². The lowest BCUT2D eigenvalue weighted by molar-refractivity contribution is -0.144. The van der Waals surface area contributed by atoms with Crippen LogP contribution in [0.15, 0.2) is 47.3 Å². The number of carboxylic acids is 1. The molecule has 1 heterocycles. The molecule has 0 amide bonds. The van der Waals surface area contributed by atoms with Crippen LogP contribution in [0.4, 0.5) is 13.2 Å². The van der Waals surface area contributed by atoms with Crippen molar-refractivity contribution in [3.8, 4) is 5.75 Å². The number of carboxylic acid groups (broad SMARTS) is 1. The summed E-state index contributed by atoms with van der Waals surface area (Å²) in [5.41, 5.74) is -1.39. The van der Waals surface area contributed by atoms with Gasteiger partial charge < -0.3 is 9.84 Å². The maximum Gasteiger partial charge on any atom is 0.416 e. The standard InChI is InChI=1S/C31H34F3N3O5/c32-31(33,34)22-11-15-26-25(17-22)29(39)37(36-35-26)18-21-10-14-24(27(21)30(40)41)28(38)20-8-12-23(13-9-20)42-16-4-7-19-5-2-1-3-6-19/h8-9,11-13,15,17,19,21,24,27H,1-7,10,14,16,18H2,(H,40,41)/t21-,24-,27-/m0/s1. The Balaban J connectivity index is 1.23. The number of aromatic nitrogens is 3. The summed E-state index contributed by atoms with van der Waals surface area (Å²) in [6.45, 7) is 0.427. The lowest BCUT2D eigenvalue weighted by Gasteiger charge is -2.21. The number of aliphatic carboxylic acids is 1. The zero-order chi connectivity index (χ0) is 29.9. The van der Waals surface area contributed by atoms with Crippen LogP contribution in [0, 0.1) is 23.7 Å². The molecule has 2 aliphatic carbocycles. The summed E-state index contributed by atoms with van der Waals surface area (Å²) in [6, 6.07) is 9.35. The number of carbonyl (C=O) groups excluding carboxylic acids is 1. The molecule has 0 bridgehead atoms. The summed E-state index contributed by atoms with van der Waals surface area (Å²) < 4.78 is 46.3. The normalized spacial score (nSPS) is 21.5. The number of benzene rings is 2. The Morgan fingerprint density at radius 1 is 1.00 bits per heavy atom. The molecule has 11 heteroatoms. The summed E-state index contributed by atoms with van der Waals surface area (Å²) in [5, 5.41) is 17.5. The van der Waals surface area contributed by atoms with E-state index >= 15 is 0 Å². The molecule has 224 valence electrons. The molecule has 3 atom stereocenters. The second-order valence-corrected chi connectivity index (χ2v) is 11.5. The van der Waals surface area contributed by atoms with E-state index in [2.05, 4.69) is 10.3 Å². The van der Waals surface area contributed by atoms with Crippen molar-refractivity contribution in [3.63, 3.8) is 0 Å². The smallest absolute Gasteiger partial charge is 0.416 e. The zero-order valence-corrected chi connectivity index (χ0v) is 23.2. The van der Waals surface area contributed by atoms with Crippen LogP contribution in [0.1, 0.15) is 73.7 Å². The van der Waals surface area contributed by atoms with E-state index in [0.717, 1.165) is 41.6 Å². The largest absolute Gasteiger partial charge is 0.494 e. The van der Waals surface area contributed by atoms with Crippen molar-refractivity contribution in [1.29, 1.82) is 0 Å². The van der Waals surface area contributed by atoms with Crippen molar-refractivity contribution in [3.05, 3.63) is 63.9 Å². The minimum atomic E-state index is -4.64. The minimum absolute atomic E-state index is 0.00941. The number of hydrogen-bond donors (Lipinski definition) is 1. The number of nitrogens with zero attached hydrogens (tertiary/aromatic N) is 3. The molecule has 5 rings (SSSR count). The number of hydrogen-bond acceptors (Lipinski definition) is 6. The van der Waals surface area contributed by atoms with Crippen LogP contribution >= 0.6 is 0 Å². The number of halogens is 3. The highest BCUT2D eigenvalue weighted by Crippen LogP contribution is 2.40. The average molecular weight is 586 g/mol. The lowest BCUT2D eigenvalue weighted by atomic mass is 9.84. The number of carbonyl (C=O) groups is 2. The first-order valence-electron chi connectivity index (χ1n) is 14.6. The SMILES string of the molecule is O=C(O)[C@H]1[C@H](Cn2nnc3ccc(C(F)(F)F)cc3c2=O)CC[C@@H]1C(=O)c1ccc(OCCCC2CCCCC2)cc1. The third-order valence-corrected chi connectivity index (χ3v) is 8.76. The van der Waals surface area contributed by atoms with Crippen molar-refractivity contribution in [2.45, 2.75) is 70.5 Å². The molecule has 0 unspecified atom stereocenters. The molecule has 1 N–H and O–H groups in total. The van der Waals surface area contributed by atoms with Gasteiger partial charge in [-0.05, 0) is 80.0 Å². The van der Waals surface area contributed by atoms with E-state index < -0.39 is 41.0 Å². The molecule has 8 nitrogen and oxygen atoms in total. The molecule has 1 aromatic heterocycles. The predicted octanol–water partition coefficient (Wildman–Crippen LogP) is 6.16. The molecule has 0 spiro atoms. The predicted molar refractivity (Wildman–Crippen MR) is 148 cm³/mol. The molecule has 2 aliphatic rings. The van der Waals surface area contributed by atoms with Crippen LogP contribution in [-0.2, 0) is 17.5 Å². The van der Waals surface area contributed by atoms with Gasteiger partial charge >= 0.3 is 12.1 Å². The zero-order valence-electron chi connectivity index (χ0n) is 23.2. The van der Waals surface area contributed by atoms with Crippen molar-refractivity contribution in [1.82, 2.24) is 15.0 Å². The molecular weight excluding hydrogens is 551 g/mol. The third kappa shape index (κ3) is 6.65. The number of alkyl halides is 3. The summed E-state index contributed by atoms with van der Waals surface area (Å²) >= 11 is 0. The van der Waals surface area contributed by atoms with Crippen LogP contribution in [0.3, 0.4) is 0 Å². The molecule has 42 heavy (non-hydrogen) atoms. The summed E-state index contributed by atoms with van der Waals surface area (Å²) in [7, 11) is 0. The van der Waals surface area contributed by atoms with Gasteiger partial charge in [0.15, 0.2) is 5.78 Å². The van der Waals surface area contributed by atoms with Gasteiger partial charge in [0, 0.05) is 11.5 Å². The Kier molecular flexibility index (Phi) is 8.93. The Bertz CT molecular complexity index is 1480. The number of ketones is 1. The van der Waals surface area contributed by atoms with Gasteiger partial charge in [-0.25, -0.2) is 4.68 Å². The number of Topliss-reactive ketones (excluding diaryl/α,β-unsaturated/α-hetero) is 1. The maximum atomic E-state index is 13.4. The van der Waals surface area contributed by atoms with Gasteiger partial charge in [-0.1, -0.05) is 37.3 Å². The maximum absolute atomic E-state index is 13.4. The van der Waals surface area contributed by atoms with Gasteiger partial charge in [0.25, 0.3) is 5.56 Å². The number of ether oxygens (including phenoxy) is 1. The van der Waals surface area contributed by atoms with E-state index in [-0.39, 0.29) is 23.2 Å². The monoisotopic (exact) mass is 585 g/mol. The van der Waals surface area contributed by atoms with Crippen LogP contribution in [-0.4, -0.2) is 38.5 Å². The molecular formula is C31H34F3N3O5. The fourth-order valence-corrected chi connectivity index (χ4v) is 6.52. The number of rotatable bonds is 10. The van der Waals surface area contributed by atoms with E-state index in [1.165, 1.54) is 32.1 Å². The third-order valence-electron chi connectivity index (χ3n) is 8.76. The van der Waals surface area contributed by atoms with Gasteiger partial charge in [0.2, 0.25) is 0 Å². The summed E-state index contributed by atoms with van der Waals surface area (Å²) in [4.78, 5) is 38.7. The Labute approximate surface area is 240 Å². The minimum Gasteiger partial charge on any atom is -0.494 e. The number of fused-ring (bicyclic) bond motifs is 1. The van der Waals surface area contributed by atoms with E-state index in [0.29, 0.717) is 30.8 Å². The molecule has 2 fully saturated rings. The molecule has 0 aliphatic heterocycles. The first kappa shape index (κ1) is 29.7. The molecule has 0 saturated heterocycles. The fraction of sp³-hybridized carbons (Fsp3) is 0.516. The molecule has 3 aromatic rings. The molecule has 2 saturated carbocycles. The van der Waals surface area contributed by atoms with Gasteiger partial charge in [0.1, 0.15) is 11.3 Å². The molecule has 0 radical (unpaired) electrons. The Morgan fingerprint density at radius 2 is 1.74 bits per heavy atom. The van der Waals surface area contributed by atoms with E-state index in [1.807, 2.05) is 0 Å². The van der Waals surface area contributed by atoms with Crippen LogP contribution < -0.4 is 10.3 Å². The summed E-state index contributed by atoms with van der Waals surface area (Å²) in [6.07, 6.45) is 4.68. The van der Waals surface area contributed by atoms with E-state index in [4.69, 9.17) is 4.74 Å². The highest BCUT2D eigenvalue weighted by atomic mass is 19.4. The second-order valence-electron chi connectivity index (χ2n) is 11.5. The van der Waals surface area contributed by atoms with Gasteiger partial charge in [0.05, 0.1) is 30.0 Å². The topological polar surface area (TPSA) is 111 Å². The van der Waals surface area contributed by atoms with Crippen molar-refractivity contribution in [2.75, 3.05) is 6.61 Å². The highest BCUT2D eigenvalue weighted by molar-refractivity contribution is 6.00. The Morgan fingerprint density at radius 3 is 2.43 bits per heavy atom. The average Bonchev–Trinajstić information content (AvgIpc) is 3.40. The lowest BCUT2D eigenvalue weighted by Crippen LogP contribution is -2.34. The first-order chi connectivity index (χ1) is 20.1. The van der Waals surface area contributed by atoms with Crippen LogP contribution in [0.25, 0.3) is 10.9 Å². The summed E-state index contributed by atoms with van der Waals surface area (Å²) in [5.74, 6) is -2.56. The van der Waals surface area contributed by atoms with E-state index in [9.17, 15) is 32.7 Å². The van der Waals surface area contributed by atoms with Crippen LogP contribution in [0.5, 0.6) is 5.75 Å². The van der Waals surface area contributed by atoms with Crippen molar-refractivity contribution >= 4 is 22.7 Å². The molecule has 2 aromatic carbocycles. The van der Waals surface area contributed by atoms with E-state index in [1.54, 1.807) is 24.3 Å². The van der Waals surface area contributed by atoms with Crippen molar-refractivity contribution < 1.29 is 32.6 Å². The van der Waals surface area contributed by atoms with Gasteiger partial charge in [-0.3, -0.25) is 14.4 Å². The van der Waals surface area contributed by atoms with Gasteiger partial charge in [-0.2, -0.15) is 13.2 Å². The van der Waals surface area contributed by atoms with Crippen LogP contribution in [0.2, 0.25) is 0 Å². The Hall–Kier alpha value is -3.76.